The van der Waals surface area contributed by atoms with E-state index in [1.54, 1.807) is 29.6 Å². The summed E-state index contributed by atoms with van der Waals surface area (Å²) in [5, 5.41) is 0. The number of furan rings is 1. The molecule has 128 valence electrons. The van der Waals surface area contributed by atoms with Gasteiger partial charge in [0, 0.05) is 23.7 Å². The highest BCUT2D eigenvalue weighted by molar-refractivity contribution is 5.92. The number of carbonyl (C=O) groups is 1. The van der Waals surface area contributed by atoms with Crippen molar-refractivity contribution in [3.05, 3.63) is 72.2 Å². The van der Waals surface area contributed by atoms with E-state index in [0.717, 1.165) is 11.3 Å². The van der Waals surface area contributed by atoms with Crippen molar-refractivity contribution in [2.45, 2.75) is 26.1 Å². The Bertz CT molecular complexity index is 869. The number of amides is 1. The number of hydrogen-bond acceptors (Lipinski definition) is 4. The minimum absolute atomic E-state index is 0.114. The van der Waals surface area contributed by atoms with Gasteiger partial charge in [-0.15, -0.1) is 0 Å². The normalized spacial score (nSPS) is 17.0. The van der Waals surface area contributed by atoms with Crippen LogP contribution in [0.1, 0.15) is 21.8 Å². The van der Waals surface area contributed by atoms with Gasteiger partial charge >= 0.3 is 0 Å². The van der Waals surface area contributed by atoms with Gasteiger partial charge in [0.05, 0.1) is 32.1 Å². The molecule has 6 heteroatoms. The molecule has 0 saturated heterocycles. The average Bonchev–Trinajstić information content (AvgIpc) is 3.20. The lowest BCUT2D eigenvalue weighted by atomic mass is 10.2. The predicted octanol–water partition coefficient (Wildman–Crippen LogP) is 2.89. The summed E-state index contributed by atoms with van der Waals surface area (Å²) in [5.41, 5.74) is 1.92. The lowest BCUT2D eigenvalue weighted by molar-refractivity contribution is 0.0620. The fourth-order valence-corrected chi connectivity index (χ4v) is 3.13. The highest BCUT2D eigenvalue weighted by atomic mass is 16.5. The van der Waals surface area contributed by atoms with Gasteiger partial charge in [-0.25, -0.2) is 0 Å². The molecule has 0 bridgehead atoms. The Hall–Kier alpha value is -3.02. The number of nitrogens with zero attached hydrogens (tertiary/aromatic N) is 3. The third-order valence-electron chi connectivity index (χ3n) is 4.38. The first-order chi connectivity index (χ1) is 12.2. The van der Waals surface area contributed by atoms with Crippen molar-refractivity contribution in [3.8, 4) is 5.75 Å². The summed E-state index contributed by atoms with van der Waals surface area (Å²) in [6.07, 6.45) is 6.79. The summed E-state index contributed by atoms with van der Waals surface area (Å²) in [6.45, 7) is 3.56. The monoisotopic (exact) mass is 337 g/mol. The molecule has 3 aromatic rings. The summed E-state index contributed by atoms with van der Waals surface area (Å²) in [4.78, 5) is 18.8. The summed E-state index contributed by atoms with van der Waals surface area (Å²) in [7, 11) is 0. The van der Waals surface area contributed by atoms with Crippen LogP contribution >= 0.6 is 0 Å². The van der Waals surface area contributed by atoms with Crippen LogP contribution in [0, 0.1) is 6.92 Å². The third kappa shape index (κ3) is 3.15. The molecule has 1 amide bonds. The molecule has 0 radical (unpaired) electrons. The van der Waals surface area contributed by atoms with Gasteiger partial charge in [-0.2, -0.15) is 0 Å². The second kappa shape index (κ2) is 6.47. The molecule has 0 aliphatic carbocycles. The van der Waals surface area contributed by atoms with Crippen LogP contribution in [0.4, 0.5) is 0 Å². The number of hydrogen-bond donors (Lipinski definition) is 0. The van der Waals surface area contributed by atoms with E-state index in [-0.39, 0.29) is 12.0 Å². The van der Waals surface area contributed by atoms with Crippen molar-refractivity contribution in [1.29, 1.82) is 0 Å². The number of fused-ring (bicyclic) bond motifs is 1. The van der Waals surface area contributed by atoms with Crippen LogP contribution in [0.3, 0.4) is 0 Å². The minimum Gasteiger partial charge on any atom is -0.485 e. The van der Waals surface area contributed by atoms with Crippen molar-refractivity contribution < 1.29 is 13.9 Å². The molecule has 0 fully saturated rings. The second-order valence-electron chi connectivity index (χ2n) is 6.20. The highest BCUT2D eigenvalue weighted by Gasteiger charge is 2.28. The maximum atomic E-state index is 12.9. The Morgan fingerprint density at radius 3 is 2.96 bits per heavy atom. The number of aryl methyl sites for hydroxylation is 1. The lowest BCUT2D eigenvalue weighted by Gasteiger charge is -2.24. The molecule has 0 unspecified atom stereocenters. The minimum atomic E-state index is -0.169. The maximum absolute atomic E-state index is 12.9. The van der Waals surface area contributed by atoms with Crippen LogP contribution in [0.25, 0.3) is 0 Å². The van der Waals surface area contributed by atoms with Gasteiger partial charge in [-0.05, 0) is 37.3 Å². The Kier molecular flexibility index (Phi) is 4.01. The topological polar surface area (TPSA) is 60.5 Å². The maximum Gasteiger partial charge on any atom is 0.290 e. The van der Waals surface area contributed by atoms with Crippen molar-refractivity contribution in [1.82, 2.24) is 14.5 Å². The molecular weight excluding hydrogens is 318 g/mol. The average molecular weight is 337 g/mol. The molecule has 1 atom stereocenters. The van der Waals surface area contributed by atoms with Crippen LogP contribution in [0.2, 0.25) is 0 Å². The van der Waals surface area contributed by atoms with Gasteiger partial charge in [-0.3, -0.25) is 9.78 Å². The smallest absolute Gasteiger partial charge is 0.290 e. The number of aromatic nitrogens is 2. The zero-order valence-corrected chi connectivity index (χ0v) is 14.0. The standard InChI is InChI=1S/C19H19N3O3/c1-14-6-9-24-18(14)19(23)22-11-15-4-3-8-21(15)12-17(13-22)25-16-5-2-7-20-10-16/h2-10,17H,11-13H2,1H3/t17-/m1/s1. The molecule has 4 heterocycles. The number of ether oxygens (including phenoxy) is 1. The van der Waals surface area contributed by atoms with Gasteiger partial charge in [-0.1, -0.05) is 0 Å². The van der Waals surface area contributed by atoms with Gasteiger partial charge in [0.25, 0.3) is 5.91 Å². The summed E-state index contributed by atoms with van der Waals surface area (Å²) < 4.78 is 13.6. The van der Waals surface area contributed by atoms with E-state index in [2.05, 4.69) is 9.55 Å². The fourth-order valence-electron chi connectivity index (χ4n) is 3.13. The molecule has 1 aliphatic rings. The first kappa shape index (κ1) is 15.5. The van der Waals surface area contributed by atoms with Crippen molar-refractivity contribution >= 4 is 5.91 Å². The molecule has 1 aliphatic heterocycles. The van der Waals surface area contributed by atoms with E-state index in [4.69, 9.17) is 9.15 Å². The quantitative estimate of drug-likeness (QED) is 0.737. The third-order valence-corrected chi connectivity index (χ3v) is 4.38. The van der Waals surface area contributed by atoms with E-state index >= 15 is 0 Å². The van der Waals surface area contributed by atoms with Gasteiger partial charge in [0.1, 0.15) is 11.9 Å². The van der Waals surface area contributed by atoms with E-state index in [1.807, 2.05) is 37.4 Å². The van der Waals surface area contributed by atoms with Crippen LogP contribution in [0.15, 0.2) is 59.6 Å². The van der Waals surface area contributed by atoms with E-state index in [9.17, 15) is 4.79 Å². The van der Waals surface area contributed by atoms with E-state index in [0.29, 0.717) is 31.1 Å². The molecule has 3 aromatic heterocycles. The second-order valence-corrected chi connectivity index (χ2v) is 6.20. The van der Waals surface area contributed by atoms with Gasteiger partial charge in [0.2, 0.25) is 0 Å². The summed E-state index contributed by atoms with van der Waals surface area (Å²) in [5.74, 6) is 0.974. The SMILES string of the molecule is Cc1ccoc1C(=O)N1Cc2cccn2C[C@@H](Oc2cccnc2)C1. The predicted molar refractivity (Wildman–Crippen MR) is 91.3 cm³/mol. The zero-order valence-electron chi connectivity index (χ0n) is 14.0. The zero-order chi connectivity index (χ0) is 17.2. The lowest BCUT2D eigenvalue weighted by Crippen LogP contribution is -2.38. The number of carbonyl (C=O) groups excluding carboxylic acids is 1. The van der Waals surface area contributed by atoms with Crippen LogP contribution in [0.5, 0.6) is 5.75 Å². The Morgan fingerprint density at radius 2 is 2.20 bits per heavy atom. The largest absolute Gasteiger partial charge is 0.485 e. The summed E-state index contributed by atoms with van der Waals surface area (Å²) >= 11 is 0. The molecule has 0 N–H and O–H groups in total. The van der Waals surface area contributed by atoms with Crippen LogP contribution in [-0.4, -0.2) is 33.0 Å². The Balaban J connectivity index is 1.61. The number of pyridine rings is 1. The van der Waals surface area contributed by atoms with Gasteiger partial charge in [0.15, 0.2) is 5.76 Å². The van der Waals surface area contributed by atoms with Crippen LogP contribution in [-0.2, 0) is 13.1 Å². The van der Waals surface area contributed by atoms with E-state index in [1.165, 1.54) is 0 Å². The highest BCUT2D eigenvalue weighted by Crippen LogP contribution is 2.21. The van der Waals surface area contributed by atoms with Crippen molar-refractivity contribution in [2.75, 3.05) is 6.54 Å². The first-order valence-electron chi connectivity index (χ1n) is 8.25. The Labute approximate surface area is 145 Å². The van der Waals surface area contributed by atoms with Crippen molar-refractivity contribution in [3.63, 3.8) is 0 Å². The number of rotatable bonds is 3. The molecule has 0 spiro atoms. The van der Waals surface area contributed by atoms with E-state index < -0.39 is 0 Å². The molecule has 0 saturated carbocycles. The molecule has 0 aromatic carbocycles. The fraction of sp³-hybridized carbons (Fsp3) is 0.263. The molecular formula is C19H19N3O3. The summed E-state index contributed by atoms with van der Waals surface area (Å²) in [6, 6.07) is 9.53. The van der Waals surface area contributed by atoms with Gasteiger partial charge < -0.3 is 18.6 Å². The molecule has 4 rings (SSSR count). The van der Waals surface area contributed by atoms with Crippen molar-refractivity contribution in [2.24, 2.45) is 0 Å². The Morgan fingerprint density at radius 1 is 1.28 bits per heavy atom. The first-order valence-corrected chi connectivity index (χ1v) is 8.25. The molecule has 6 nitrogen and oxygen atoms in total. The van der Waals surface area contributed by atoms with Crippen LogP contribution < -0.4 is 4.74 Å². The molecule has 25 heavy (non-hydrogen) atoms.